The molecule has 0 amide bonds. The Morgan fingerprint density at radius 2 is 1.91 bits per heavy atom. The molecule has 0 spiro atoms. The predicted molar refractivity (Wildman–Crippen MR) is 44.4 cm³/mol. The van der Waals surface area contributed by atoms with E-state index in [1.165, 1.54) is 25.7 Å². The van der Waals surface area contributed by atoms with Crippen LogP contribution in [0.1, 0.15) is 32.1 Å². The summed E-state index contributed by atoms with van der Waals surface area (Å²) in [5.41, 5.74) is 0. The minimum absolute atomic E-state index is 0.0125. The summed E-state index contributed by atoms with van der Waals surface area (Å²) in [5.74, 6) is 0.567. The van der Waals surface area contributed by atoms with Gasteiger partial charge in [-0.05, 0) is 25.8 Å². The molecule has 1 saturated carbocycles. The van der Waals surface area contributed by atoms with E-state index in [-0.39, 0.29) is 6.10 Å². The lowest BCUT2D eigenvalue weighted by Crippen LogP contribution is -2.49. The van der Waals surface area contributed by atoms with Crippen molar-refractivity contribution in [3.63, 3.8) is 0 Å². The molecule has 11 heavy (non-hydrogen) atoms. The van der Waals surface area contributed by atoms with Crippen molar-refractivity contribution in [1.29, 1.82) is 0 Å². The van der Waals surface area contributed by atoms with Gasteiger partial charge in [0.15, 0.2) is 0 Å². The number of rotatable bonds is 0. The maximum Gasteiger partial charge on any atom is 0.0595 e. The number of hydrogen-bond acceptors (Lipinski definition) is 2. The number of aliphatic hydroxyl groups is 1. The van der Waals surface area contributed by atoms with E-state index >= 15 is 0 Å². The highest BCUT2D eigenvalue weighted by Crippen LogP contribution is 2.30. The number of aliphatic hydroxyl groups excluding tert-OH is 1. The third kappa shape index (κ3) is 1.42. The van der Waals surface area contributed by atoms with E-state index in [1.54, 1.807) is 0 Å². The second kappa shape index (κ2) is 3.11. The molecule has 0 radical (unpaired) electrons. The minimum atomic E-state index is -0.0125. The minimum Gasteiger partial charge on any atom is -0.393 e. The Hall–Kier alpha value is -0.0800. The highest BCUT2D eigenvalue weighted by atomic mass is 16.3. The van der Waals surface area contributed by atoms with E-state index in [2.05, 4.69) is 5.32 Å². The molecule has 2 nitrogen and oxygen atoms in total. The van der Waals surface area contributed by atoms with Crippen LogP contribution in [0.15, 0.2) is 0 Å². The van der Waals surface area contributed by atoms with Gasteiger partial charge in [-0.2, -0.15) is 0 Å². The number of piperidine rings is 1. The van der Waals surface area contributed by atoms with Gasteiger partial charge < -0.3 is 10.4 Å². The molecule has 0 unspecified atom stereocenters. The summed E-state index contributed by atoms with van der Waals surface area (Å²) in [6.45, 7) is 1.02. The first-order valence-electron chi connectivity index (χ1n) is 4.79. The smallest absolute Gasteiger partial charge is 0.0595 e. The predicted octanol–water partition coefficient (Wildman–Crippen LogP) is 0.899. The van der Waals surface area contributed by atoms with E-state index in [1.807, 2.05) is 0 Å². The lowest BCUT2D eigenvalue weighted by molar-refractivity contribution is 0.0317. The fraction of sp³-hybridized carbons (Fsp3) is 1.00. The van der Waals surface area contributed by atoms with Crippen molar-refractivity contribution in [3.8, 4) is 0 Å². The molecule has 1 aliphatic carbocycles. The number of fused-ring (bicyclic) bond motifs is 1. The number of nitrogens with one attached hydrogen (secondary N) is 1. The Balaban J connectivity index is 1.99. The van der Waals surface area contributed by atoms with Gasteiger partial charge >= 0.3 is 0 Å². The van der Waals surface area contributed by atoms with Crippen molar-refractivity contribution in [2.24, 2.45) is 5.92 Å². The molecular formula is C9H17NO. The summed E-state index contributed by atoms with van der Waals surface area (Å²) in [7, 11) is 0. The Bertz CT molecular complexity index is 136. The van der Waals surface area contributed by atoms with Crippen LogP contribution in [-0.4, -0.2) is 23.8 Å². The maximum atomic E-state index is 9.66. The SMILES string of the molecule is O[C@H]1CCN[C@H]2CCCC[C@@H]21. The summed E-state index contributed by atoms with van der Waals surface area (Å²) in [5, 5.41) is 13.2. The standard InChI is InChI=1S/C9H17NO/c11-9-5-6-10-8-4-2-1-3-7(8)9/h7-11H,1-6H2/t7-,8-,9-/m0/s1. The summed E-state index contributed by atoms with van der Waals surface area (Å²) < 4.78 is 0. The lowest BCUT2D eigenvalue weighted by atomic mass is 9.78. The molecule has 1 aliphatic heterocycles. The molecule has 0 bridgehead atoms. The highest BCUT2D eigenvalue weighted by Gasteiger charge is 2.33. The lowest BCUT2D eigenvalue weighted by Gasteiger charge is -2.39. The zero-order valence-electron chi connectivity index (χ0n) is 6.92. The van der Waals surface area contributed by atoms with Crippen LogP contribution in [-0.2, 0) is 0 Å². The molecule has 1 saturated heterocycles. The number of hydrogen-bond donors (Lipinski definition) is 2. The van der Waals surface area contributed by atoms with Crippen LogP contribution in [0.3, 0.4) is 0 Å². The molecule has 0 aromatic heterocycles. The molecular weight excluding hydrogens is 138 g/mol. The summed E-state index contributed by atoms with van der Waals surface area (Å²) in [6.07, 6.45) is 6.13. The second-order valence-corrected chi connectivity index (χ2v) is 3.86. The Kier molecular flexibility index (Phi) is 2.14. The zero-order chi connectivity index (χ0) is 7.68. The monoisotopic (exact) mass is 155 g/mol. The second-order valence-electron chi connectivity index (χ2n) is 3.86. The largest absolute Gasteiger partial charge is 0.393 e. The molecule has 2 N–H and O–H groups in total. The quantitative estimate of drug-likeness (QED) is 0.544. The van der Waals surface area contributed by atoms with Crippen LogP contribution in [0.25, 0.3) is 0 Å². The molecule has 2 heteroatoms. The van der Waals surface area contributed by atoms with Gasteiger partial charge in [0.1, 0.15) is 0 Å². The fourth-order valence-corrected chi connectivity index (χ4v) is 2.50. The van der Waals surface area contributed by atoms with Gasteiger partial charge in [0.25, 0.3) is 0 Å². The Morgan fingerprint density at radius 1 is 1.09 bits per heavy atom. The van der Waals surface area contributed by atoms with Crippen molar-refractivity contribution >= 4 is 0 Å². The molecule has 0 aromatic carbocycles. The Labute approximate surface area is 68.0 Å². The zero-order valence-corrected chi connectivity index (χ0v) is 6.92. The van der Waals surface area contributed by atoms with E-state index in [0.717, 1.165) is 13.0 Å². The van der Waals surface area contributed by atoms with E-state index in [9.17, 15) is 5.11 Å². The van der Waals surface area contributed by atoms with Gasteiger partial charge in [-0.3, -0.25) is 0 Å². The normalized spacial score (nSPS) is 45.0. The first-order valence-corrected chi connectivity index (χ1v) is 4.79. The van der Waals surface area contributed by atoms with Crippen LogP contribution in [0, 0.1) is 5.92 Å². The first kappa shape index (κ1) is 7.56. The van der Waals surface area contributed by atoms with E-state index < -0.39 is 0 Å². The molecule has 2 rings (SSSR count). The fourth-order valence-electron chi connectivity index (χ4n) is 2.50. The maximum absolute atomic E-state index is 9.66. The van der Waals surface area contributed by atoms with Gasteiger partial charge in [-0.1, -0.05) is 12.8 Å². The van der Waals surface area contributed by atoms with Gasteiger partial charge in [0.2, 0.25) is 0 Å². The van der Waals surface area contributed by atoms with Crippen LogP contribution in [0.5, 0.6) is 0 Å². The molecule has 2 aliphatic rings. The van der Waals surface area contributed by atoms with Gasteiger partial charge in [-0.25, -0.2) is 0 Å². The van der Waals surface area contributed by atoms with Crippen molar-refractivity contribution < 1.29 is 5.11 Å². The molecule has 2 fully saturated rings. The van der Waals surface area contributed by atoms with Gasteiger partial charge in [0.05, 0.1) is 6.10 Å². The van der Waals surface area contributed by atoms with Gasteiger partial charge in [0, 0.05) is 12.0 Å². The molecule has 3 atom stereocenters. The Morgan fingerprint density at radius 3 is 2.73 bits per heavy atom. The highest BCUT2D eigenvalue weighted by molar-refractivity contribution is 4.89. The topological polar surface area (TPSA) is 32.3 Å². The van der Waals surface area contributed by atoms with Crippen LogP contribution < -0.4 is 5.32 Å². The van der Waals surface area contributed by atoms with Crippen molar-refractivity contribution in [3.05, 3.63) is 0 Å². The van der Waals surface area contributed by atoms with E-state index in [0.29, 0.717) is 12.0 Å². The molecule has 64 valence electrons. The van der Waals surface area contributed by atoms with Crippen molar-refractivity contribution in [1.82, 2.24) is 5.32 Å². The third-order valence-electron chi connectivity index (χ3n) is 3.16. The summed E-state index contributed by atoms with van der Waals surface area (Å²) >= 11 is 0. The average Bonchev–Trinajstić information content (AvgIpc) is 2.06. The third-order valence-corrected chi connectivity index (χ3v) is 3.16. The van der Waals surface area contributed by atoms with Crippen LogP contribution >= 0.6 is 0 Å². The van der Waals surface area contributed by atoms with Crippen LogP contribution in [0.2, 0.25) is 0 Å². The molecule has 1 heterocycles. The van der Waals surface area contributed by atoms with Crippen molar-refractivity contribution in [2.45, 2.75) is 44.2 Å². The summed E-state index contributed by atoms with van der Waals surface area (Å²) in [4.78, 5) is 0. The molecule has 0 aromatic rings. The summed E-state index contributed by atoms with van der Waals surface area (Å²) in [6, 6.07) is 0.632. The van der Waals surface area contributed by atoms with Crippen molar-refractivity contribution in [2.75, 3.05) is 6.54 Å². The van der Waals surface area contributed by atoms with Gasteiger partial charge in [-0.15, -0.1) is 0 Å². The van der Waals surface area contributed by atoms with E-state index in [4.69, 9.17) is 0 Å². The van der Waals surface area contributed by atoms with Crippen LogP contribution in [0.4, 0.5) is 0 Å². The average molecular weight is 155 g/mol. The first-order chi connectivity index (χ1) is 5.38.